The van der Waals surface area contributed by atoms with Crippen LogP contribution in [0.4, 0.5) is 0 Å². The molecule has 1 N–H and O–H groups in total. The second-order valence-corrected chi connectivity index (χ2v) is 7.71. The zero-order chi connectivity index (χ0) is 17.5. The third-order valence-electron chi connectivity index (χ3n) is 4.00. The third-order valence-corrected chi connectivity index (χ3v) is 4.00. The Bertz CT molecular complexity index is 734. The Kier molecular flexibility index (Phi) is 3.86. The molecule has 1 aromatic carbocycles. The van der Waals surface area contributed by atoms with E-state index in [0.717, 1.165) is 11.3 Å². The first kappa shape index (κ1) is 16.5. The molecule has 1 amide bonds. The van der Waals surface area contributed by atoms with Gasteiger partial charge in [-0.1, -0.05) is 44.1 Å². The lowest BCUT2D eigenvalue weighted by atomic mass is 9.96. The van der Waals surface area contributed by atoms with Crippen molar-refractivity contribution in [3.8, 4) is 5.75 Å². The molecular formula is C18H23N3O3. The van der Waals surface area contributed by atoms with Crippen molar-refractivity contribution in [3.05, 3.63) is 41.5 Å². The molecule has 24 heavy (non-hydrogen) atoms. The molecule has 2 heterocycles. The quantitative estimate of drug-likeness (QED) is 0.937. The van der Waals surface area contributed by atoms with E-state index in [9.17, 15) is 4.79 Å². The number of amides is 1. The molecule has 0 bridgehead atoms. The van der Waals surface area contributed by atoms with Crippen molar-refractivity contribution in [1.29, 1.82) is 0 Å². The maximum Gasteiger partial charge on any atom is 0.262 e. The predicted molar refractivity (Wildman–Crippen MR) is 88.7 cm³/mol. The third kappa shape index (κ3) is 3.13. The molecule has 128 valence electrons. The predicted octanol–water partition coefficient (Wildman–Crippen LogP) is 2.72. The average Bonchev–Trinajstić information content (AvgIpc) is 3.13. The minimum Gasteiger partial charge on any atom is -0.480 e. The van der Waals surface area contributed by atoms with E-state index in [-0.39, 0.29) is 11.3 Å². The molecular weight excluding hydrogens is 306 g/mol. The van der Waals surface area contributed by atoms with E-state index >= 15 is 0 Å². The fourth-order valence-electron chi connectivity index (χ4n) is 2.55. The molecule has 6 nitrogen and oxygen atoms in total. The number of nitrogens with one attached hydrogen (secondary N) is 1. The highest BCUT2D eigenvalue weighted by Crippen LogP contribution is 2.29. The Balaban J connectivity index is 1.71. The first-order chi connectivity index (χ1) is 11.2. The number of para-hydroxylation sites is 1. The summed E-state index contributed by atoms with van der Waals surface area (Å²) in [7, 11) is 0. The Morgan fingerprint density at radius 3 is 2.54 bits per heavy atom. The molecule has 6 heteroatoms. The van der Waals surface area contributed by atoms with Gasteiger partial charge in [0.15, 0.2) is 11.9 Å². The molecule has 2 aromatic rings. The van der Waals surface area contributed by atoms with E-state index in [2.05, 4.69) is 15.5 Å². The maximum absolute atomic E-state index is 12.6. The minimum atomic E-state index is -0.748. The number of carbonyl (C=O) groups excluding carboxylic acids is 1. The maximum atomic E-state index is 12.6. The summed E-state index contributed by atoms with van der Waals surface area (Å²) in [5, 5.41) is 7.00. The van der Waals surface area contributed by atoms with Crippen LogP contribution in [0.1, 0.15) is 51.9 Å². The highest BCUT2D eigenvalue weighted by molar-refractivity contribution is 5.83. The van der Waals surface area contributed by atoms with E-state index in [0.29, 0.717) is 18.1 Å². The van der Waals surface area contributed by atoms with E-state index in [1.165, 1.54) is 0 Å². The zero-order valence-electron chi connectivity index (χ0n) is 14.7. The Morgan fingerprint density at radius 2 is 1.92 bits per heavy atom. The topological polar surface area (TPSA) is 77.2 Å². The van der Waals surface area contributed by atoms with Gasteiger partial charge in [0.25, 0.3) is 5.91 Å². The lowest BCUT2D eigenvalue weighted by Crippen LogP contribution is -2.47. The summed E-state index contributed by atoms with van der Waals surface area (Å²) in [6.07, 6.45) is 0.0352. The van der Waals surface area contributed by atoms with Gasteiger partial charge in [-0.3, -0.25) is 4.79 Å². The van der Waals surface area contributed by atoms with Gasteiger partial charge in [-0.25, -0.2) is 0 Å². The molecule has 0 aliphatic carbocycles. The van der Waals surface area contributed by atoms with Gasteiger partial charge < -0.3 is 14.6 Å². The molecule has 0 fully saturated rings. The fourth-order valence-corrected chi connectivity index (χ4v) is 2.55. The minimum absolute atomic E-state index is 0.182. The number of nitrogens with zero attached hydrogens (tertiary/aromatic N) is 2. The second-order valence-electron chi connectivity index (χ2n) is 7.71. The van der Waals surface area contributed by atoms with Gasteiger partial charge in [0.05, 0.1) is 5.54 Å². The van der Waals surface area contributed by atoms with Gasteiger partial charge in [0.1, 0.15) is 5.75 Å². The van der Waals surface area contributed by atoms with Crippen LogP contribution in [0.3, 0.4) is 0 Å². The molecule has 0 saturated carbocycles. The van der Waals surface area contributed by atoms with Gasteiger partial charge in [0, 0.05) is 11.8 Å². The number of rotatable bonds is 3. The Labute approximate surface area is 141 Å². The van der Waals surface area contributed by atoms with Gasteiger partial charge in [0.2, 0.25) is 5.89 Å². The molecule has 1 atom stereocenters. The number of benzene rings is 1. The first-order valence-electron chi connectivity index (χ1n) is 8.08. The summed E-state index contributed by atoms with van der Waals surface area (Å²) >= 11 is 0. The van der Waals surface area contributed by atoms with Crippen LogP contribution in [0.25, 0.3) is 0 Å². The SMILES string of the molecule is CC(C)(C)c1nc(C(C)(C)NC(=O)[C@@H]2Cc3ccccc3O2)no1. The number of hydrogen-bond acceptors (Lipinski definition) is 5. The summed E-state index contributed by atoms with van der Waals surface area (Å²) in [5.41, 5.74) is 0.0640. The van der Waals surface area contributed by atoms with Crippen molar-refractivity contribution < 1.29 is 14.1 Å². The number of hydrogen-bond donors (Lipinski definition) is 1. The summed E-state index contributed by atoms with van der Waals surface area (Å²) < 4.78 is 11.1. The van der Waals surface area contributed by atoms with Crippen molar-refractivity contribution >= 4 is 5.91 Å². The van der Waals surface area contributed by atoms with Crippen LogP contribution < -0.4 is 10.1 Å². The van der Waals surface area contributed by atoms with Crippen LogP contribution in [0.5, 0.6) is 5.75 Å². The van der Waals surface area contributed by atoms with Crippen molar-refractivity contribution in [3.63, 3.8) is 0 Å². The zero-order valence-corrected chi connectivity index (χ0v) is 14.7. The smallest absolute Gasteiger partial charge is 0.262 e. The largest absolute Gasteiger partial charge is 0.480 e. The van der Waals surface area contributed by atoms with Crippen LogP contribution >= 0.6 is 0 Å². The van der Waals surface area contributed by atoms with Crippen LogP contribution in [0.2, 0.25) is 0 Å². The van der Waals surface area contributed by atoms with Gasteiger partial charge in [-0.2, -0.15) is 4.98 Å². The highest BCUT2D eigenvalue weighted by atomic mass is 16.5. The summed E-state index contributed by atoms with van der Waals surface area (Å²) in [5.74, 6) is 1.59. The molecule has 1 aliphatic rings. The van der Waals surface area contributed by atoms with Crippen LogP contribution in [0.15, 0.2) is 28.8 Å². The lowest BCUT2D eigenvalue weighted by molar-refractivity contribution is -0.129. The average molecular weight is 329 g/mol. The van der Waals surface area contributed by atoms with Crippen molar-refractivity contribution in [2.24, 2.45) is 0 Å². The highest BCUT2D eigenvalue weighted by Gasteiger charge is 2.36. The van der Waals surface area contributed by atoms with Gasteiger partial charge >= 0.3 is 0 Å². The number of ether oxygens (including phenoxy) is 1. The molecule has 0 saturated heterocycles. The van der Waals surface area contributed by atoms with Gasteiger partial charge in [-0.15, -0.1) is 0 Å². The first-order valence-corrected chi connectivity index (χ1v) is 8.08. The molecule has 0 spiro atoms. The van der Waals surface area contributed by atoms with E-state index in [4.69, 9.17) is 9.26 Å². The van der Waals surface area contributed by atoms with Crippen LogP contribution in [-0.4, -0.2) is 22.2 Å². The molecule has 1 aliphatic heterocycles. The summed E-state index contributed by atoms with van der Waals surface area (Å²) in [6.45, 7) is 9.70. The second kappa shape index (κ2) is 5.61. The number of aromatic nitrogens is 2. The van der Waals surface area contributed by atoms with Crippen LogP contribution in [-0.2, 0) is 22.2 Å². The summed E-state index contributed by atoms with van der Waals surface area (Å²) in [4.78, 5) is 17.0. The van der Waals surface area contributed by atoms with E-state index in [1.807, 2.05) is 58.9 Å². The van der Waals surface area contributed by atoms with E-state index < -0.39 is 11.6 Å². The van der Waals surface area contributed by atoms with Crippen molar-refractivity contribution in [2.45, 2.75) is 58.1 Å². The number of fused-ring (bicyclic) bond motifs is 1. The standard InChI is InChI=1S/C18H23N3O3/c1-17(2,3)16-19-15(21-24-16)18(4,5)20-14(22)13-10-11-8-6-7-9-12(11)23-13/h6-9,13H,10H2,1-5H3,(H,20,22)/t13-/m0/s1. The molecule has 0 unspecified atom stereocenters. The fraction of sp³-hybridized carbons (Fsp3) is 0.500. The van der Waals surface area contributed by atoms with Gasteiger partial charge in [-0.05, 0) is 25.5 Å². The molecule has 1 aromatic heterocycles. The summed E-state index contributed by atoms with van der Waals surface area (Å²) in [6, 6.07) is 7.70. The number of carbonyl (C=O) groups is 1. The van der Waals surface area contributed by atoms with Crippen molar-refractivity contribution in [1.82, 2.24) is 15.5 Å². The normalized spacial score (nSPS) is 17.3. The van der Waals surface area contributed by atoms with E-state index in [1.54, 1.807) is 0 Å². The lowest BCUT2D eigenvalue weighted by Gasteiger charge is -2.24. The van der Waals surface area contributed by atoms with Crippen LogP contribution in [0, 0.1) is 0 Å². The monoisotopic (exact) mass is 329 g/mol. The van der Waals surface area contributed by atoms with Crippen molar-refractivity contribution in [2.75, 3.05) is 0 Å². The molecule has 3 rings (SSSR count). The molecule has 0 radical (unpaired) electrons. The Morgan fingerprint density at radius 1 is 1.21 bits per heavy atom. The Hall–Kier alpha value is -2.37.